The molecule has 2 unspecified atom stereocenters. The van der Waals surface area contributed by atoms with Crippen LogP contribution < -0.4 is 0 Å². The van der Waals surface area contributed by atoms with E-state index in [9.17, 15) is 10.2 Å². The molecule has 3 heteroatoms. The van der Waals surface area contributed by atoms with Crippen molar-refractivity contribution in [1.82, 2.24) is 0 Å². The molecule has 0 spiro atoms. The zero-order valence-corrected chi connectivity index (χ0v) is 8.70. The molecule has 1 saturated carbocycles. The molecule has 0 radical (unpaired) electrons. The first-order valence-electron chi connectivity index (χ1n) is 4.88. The van der Waals surface area contributed by atoms with E-state index in [0.717, 1.165) is 16.7 Å². The Morgan fingerprint density at radius 1 is 1.29 bits per heavy atom. The molecule has 1 fully saturated rings. The Hall–Kier alpha value is -0.640. The van der Waals surface area contributed by atoms with Crippen molar-refractivity contribution in [2.75, 3.05) is 6.61 Å². The zero-order chi connectivity index (χ0) is 10.7. The van der Waals surface area contributed by atoms with Gasteiger partial charge in [-0.1, -0.05) is 17.2 Å². The average Bonchev–Trinajstić information content (AvgIpc) is 2.01. The maximum absolute atomic E-state index is 9.77. The van der Waals surface area contributed by atoms with Crippen molar-refractivity contribution in [3.63, 3.8) is 0 Å². The van der Waals surface area contributed by atoms with Crippen LogP contribution in [0.25, 0.3) is 0 Å². The van der Waals surface area contributed by atoms with Crippen LogP contribution in [0.15, 0.2) is 22.8 Å². The standard InChI is InChI=1S/C11H18O3/c1-7(2)11-9(13)5-8(3-4-12)6-10(11)14/h3,9-10,12-14H,4-6H2,1-2H3. The highest BCUT2D eigenvalue weighted by Crippen LogP contribution is 2.30. The van der Waals surface area contributed by atoms with Crippen LogP contribution in [0.2, 0.25) is 0 Å². The molecule has 1 aliphatic carbocycles. The summed E-state index contributed by atoms with van der Waals surface area (Å²) in [5.41, 5.74) is 2.64. The third kappa shape index (κ3) is 2.44. The summed E-state index contributed by atoms with van der Waals surface area (Å²) in [5, 5.41) is 28.2. The highest BCUT2D eigenvalue weighted by Gasteiger charge is 2.27. The summed E-state index contributed by atoms with van der Waals surface area (Å²) >= 11 is 0. The van der Waals surface area contributed by atoms with Gasteiger partial charge in [-0.15, -0.1) is 0 Å². The predicted molar refractivity (Wildman–Crippen MR) is 54.8 cm³/mol. The predicted octanol–water partition coefficient (Wildman–Crippen LogP) is 0.757. The van der Waals surface area contributed by atoms with Gasteiger partial charge in [-0.05, 0) is 32.3 Å². The van der Waals surface area contributed by atoms with E-state index in [1.807, 2.05) is 13.8 Å². The second-order valence-electron chi connectivity index (χ2n) is 3.94. The van der Waals surface area contributed by atoms with Gasteiger partial charge in [-0.25, -0.2) is 0 Å². The molecule has 0 aromatic rings. The first kappa shape index (κ1) is 11.4. The third-order valence-electron chi connectivity index (χ3n) is 2.59. The van der Waals surface area contributed by atoms with Crippen molar-refractivity contribution in [1.29, 1.82) is 0 Å². The maximum Gasteiger partial charge on any atom is 0.0814 e. The first-order chi connectivity index (χ1) is 6.56. The molecule has 0 saturated heterocycles. The number of allylic oxidation sites excluding steroid dienone is 1. The Bertz CT molecular complexity index is 246. The van der Waals surface area contributed by atoms with Crippen LogP contribution in [0.1, 0.15) is 26.7 Å². The van der Waals surface area contributed by atoms with Gasteiger partial charge in [0, 0.05) is 0 Å². The van der Waals surface area contributed by atoms with E-state index in [-0.39, 0.29) is 6.61 Å². The molecule has 80 valence electrons. The van der Waals surface area contributed by atoms with Crippen LogP contribution in [-0.4, -0.2) is 34.1 Å². The molecule has 0 heterocycles. The summed E-state index contributed by atoms with van der Waals surface area (Å²) in [7, 11) is 0. The maximum atomic E-state index is 9.77. The monoisotopic (exact) mass is 198 g/mol. The van der Waals surface area contributed by atoms with Gasteiger partial charge in [0.25, 0.3) is 0 Å². The summed E-state index contributed by atoms with van der Waals surface area (Å²) in [4.78, 5) is 0. The number of hydrogen-bond acceptors (Lipinski definition) is 3. The molecular weight excluding hydrogens is 180 g/mol. The van der Waals surface area contributed by atoms with Gasteiger partial charge >= 0.3 is 0 Å². The lowest BCUT2D eigenvalue weighted by Crippen LogP contribution is -2.29. The van der Waals surface area contributed by atoms with Gasteiger partial charge in [0.05, 0.1) is 18.8 Å². The lowest BCUT2D eigenvalue weighted by Gasteiger charge is -2.29. The van der Waals surface area contributed by atoms with E-state index in [1.54, 1.807) is 6.08 Å². The summed E-state index contributed by atoms with van der Waals surface area (Å²) < 4.78 is 0. The summed E-state index contributed by atoms with van der Waals surface area (Å²) in [6.45, 7) is 3.75. The summed E-state index contributed by atoms with van der Waals surface area (Å²) in [6, 6.07) is 0. The molecule has 3 nitrogen and oxygen atoms in total. The van der Waals surface area contributed by atoms with Crippen molar-refractivity contribution in [2.24, 2.45) is 0 Å². The average molecular weight is 198 g/mol. The Morgan fingerprint density at radius 2 is 1.79 bits per heavy atom. The van der Waals surface area contributed by atoms with Gasteiger partial charge in [-0.3, -0.25) is 0 Å². The second kappa shape index (κ2) is 4.73. The largest absolute Gasteiger partial charge is 0.392 e. The number of aliphatic hydroxyl groups excluding tert-OH is 3. The Labute approximate surface area is 84.4 Å². The van der Waals surface area contributed by atoms with Crippen LogP contribution in [0, 0.1) is 0 Å². The summed E-state index contributed by atoms with van der Waals surface area (Å²) in [6.07, 6.45) is 1.52. The third-order valence-corrected chi connectivity index (χ3v) is 2.59. The van der Waals surface area contributed by atoms with E-state index in [0.29, 0.717) is 12.8 Å². The fourth-order valence-electron chi connectivity index (χ4n) is 1.98. The second-order valence-corrected chi connectivity index (χ2v) is 3.94. The topological polar surface area (TPSA) is 60.7 Å². The van der Waals surface area contributed by atoms with Gasteiger partial charge < -0.3 is 15.3 Å². The van der Waals surface area contributed by atoms with Crippen molar-refractivity contribution in [2.45, 2.75) is 38.9 Å². The number of aliphatic hydroxyl groups is 3. The van der Waals surface area contributed by atoms with E-state index in [4.69, 9.17) is 5.11 Å². The molecule has 0 aliphatic heterocycles. The fraction of sp³-hybridized carbons (Fsp3) is 0.636. The van der Waals surface area contributed by atoms with Crippen LogP contribution in [0.5, 0.6) is 0 Å². The van der Waals surface area contributed by atoms with Gasteiger partial charge in [-0.2, -0.15) is 0 Å². The Kier molecular flexibility index (Phi) is 3.86. The van der Waals surface area contributed by atoms with Crippen LogP contribution in [-0.2, 0) is 0 Å². The highest BCUT2D eigenvalue weighted by atomic mass is 16.3. The molecule has 0 aromatic carbocycles. The van der Waals surface area contributed by atoms with Gasteiger partial charge in [0.15, 0.2) is 0 Å². The quantitative estimate of drug-likeness (QED) is 0.545. The minimum absolute atomic E-state index is 0.0288. The number of hydrogen-bond donors (Lipinski definition) is 3. The molecule has 0 aromatic heterocycles. The van der Waals surface area contributed by atoms with Crippen LogP contribution >= 0.6 is 0 Å². The zero-order valence-electron chi connectivity index (χ0n) is 8.70. The molecule has 0 bridgehead atoms. The van der Waals surface area contributed by atoms with Gasteiger partial charge in [0.1, 0.15) is 0 Å². The molecule has 0 amide bonds. The minimum atomic E-state index is -0.596. The molecule has 2 atom stereocenters. The van der Waals surface area contributed by atoms with Gasteiger partial charge in [0.2, 0.25) is 0 Å². The molecule has 14 heavy (non-hydrogen) atoms. The van der Waals surface area contributed by atoms with Crippen molar-refractivity contribution in [3.8, 4) is 0 Å². The molecular formula is C11H18O3. The lowest BCUT2D eigenvalue weighted by molar-refractivity contribution is 0.120. The Morgan fingerprint density at radius 3 is 2.14 bits per heavy atom. The van der Waals surface area contributed by atoms with Crippen molar-refractivity contribution >= 4 is 0 Å². The first-order valence-corrected chi connectivity index (χ1v) is 4.88. The van der Waals surface area contributed by atoms with Crippen LogP contribution in [0.4, 0.5) is 0 Å². The van der Waals surface area contributed by atoms with E-state index in [2.05, 4.69) is 0 Å². The smallest absolute Gasteiger partial charge is 0.0814 e. The lowest BCUT2D eigenvalue weighted by atomic mass is 9.83. The molecule has 1 aliphatic rings. The SMILES string of the molecule is CC(C)=C1C(O)CC(=CCO)CC1O. The number of rotatable bonds is 1. The minimum Gasteiger partial charge on any atom is -0.392 e. The van der Waals surface area contributed by atoms with E-state index >= 15 is 0 Å². The van der Waals surface area contributed by atoms with E-state index < -0.39 is 12.2 Å². The van der Waals surface area contributed by atoms with Crippen molar-refractivity contribution < 1.29 is 15.3 Å². The van der Waals surface area contributed by atoms with Crippen molar-refractivity contribution in [3.05, 3.63) is 22.8 Å². The normalized spacial score (nSPS) is 27.8. The summed E-state index contributed by atoms with van der Waals surface area (Å²) in [5.74, 6) is 0. The molecule has 3 N–H and O–H groups in total. The Balaban J connectivity index is 2.84. The molecule has 1 rings (SSSR count). The fourth-order valence-corrected chi connectivity index (χ4v) is 1.98. The van der Waals surface area contributed by atoms with E-state index in [1.165, 1.54) is 0 Å². The van der Waals surface area contributed by atoms with Crippen LogP contribution in [0.3, 0.4) is 0 Å². The highest BCUT2D eigenvalue weighted by molar-refractivity contribution is 5.28.